The number of amides is 4. The summed E-state index contributed by atoms with van der Waals surface area (Å²) in [6.45, 7) is 0.685. The van der Waals surface area contributed by atoms with E-state index >= 15 is 0 Å². The van der Waals surface area contributed by atoms with Gasteiger partial charge in [-0.1, -0.05) is 15.9 Å². The van der Waals surface area contributed by atoms with Crippen LogP contribution in [0.2, 0.25) is 0 Å². The van der Waals surface area contributed by atoms with Gasteiger partial charge in [0.1, 0.15) is 0 Å². The van der Waals surface area contributed by atoms with Crippen molar-refractivity contribution in [3.63, 3.8) is 0 Å². The maximum absolute atomic E-state index is 12.1. The Bertz CT molecular complexity index is 574. The van der Waals surface area contributed by atoms with Gasteiger partial charge in [0.15, 0.2) is 0 Å². The first-order valence-corrected chi connectivity index (χ1v) is 6.95. The van der Waals surface area contributed by atoms with Crippen molar-refractivity contribution in [1.82, 2.24) is 15.5 Å². The van der Waals surface area contributed by atoms with Crippen molar-refractivity contribution in [3.05, 3.63) is 33.8 Å². The number of imide groups is 1. The second kappa shape index (κ2) is 6.04. The maximum Gasteiger partial charge on any atom is 0.314 e. The van der Waals surface area contributed by atoms with Crippen LogP contribution < -0.4 is 10.6 Å². The van der Waals surface area contributed by atoms with E-state index in [1.165, 1.54) is 11.9 Å². The van der Waals surface area contributed by atoms with E-state index in [9.17, 15) is 14.4 Å². The van der Waals surface area contributed by atoms with E-state index in [0.29, 0.717) is 24.1 Å². The van der Waals surface area contributed by atoms with E-state index < -0.39 is 0 Å². The van der Waals surface area contributed by atoms with Crippen LogP contribution in [-0.2, 0) is 0 Å². The zero-order chi connectivity index (χ0) is 14.7. The second-order valence-electron chi connectivity index (χ2n) is 4.31. The third kappa shape index (κ3) is 2.82. The van der Waals surface area contributed by atoms with Gasteiger partial charge in [-0.15, -0.1) is 0 Å². The molecule has 0 aliphatic carbocycles. The molecule has 0 radical (unpaired) electrons. The topological polar surface area (TPSA) is 78.5 Å². The van der Waals surface area contributed by atoms with E-state index in [1.807, 2.05) is 0 Å². The first-order chi connectivity index (χ1) is 9.54. The molecule has 2 rings (SSSR count). The quantitative estimate of drug-likeness (QED) is 0.642. The van der Waals surface area contributed by atoms with Crippen LogP contribution in [0.3, 0.4) is 0 Å². The molecule has 1 aliphatic heterocycles. The van der Waals surface area contributed by atoms with Crippen LogP contribution in [0.5, 0.6) is 0 Å². The van der Waals surface area contributed by atoms with Gasteiger partial charge >= 0.3 is 6.03 Å². The third-order valence-electron chi connectivity index (χ3n) is 3.00. The minimum Gasteiger partial charge on any atom is -0.341 e. The van der Waals surface area contributed by atoms with E-state index in [-0.39, 0.29) is 24.4 Å². The lowest BCUT2D eigenvalue weighted by atomic mass is 10.1. The Balaban J connectivity index is 1.97. The molecule has 2 N–H and O–H groups in total. The Morgan fingerprint density at radius 2 is 1.95 bits per heavy atom. The number of carbonyl (C=O) groups is 3. The molecule has 4 amide bonds. The normalized spacial score (nSPS) is 13.4. The maximum atomic E-state index is 12.1. The van der Waals surface area contributed by atoms with E-state index in [4.69, 9.17) is 0 Å². The average Bonchev–Trinajstić information content (AvgIpc) is 2.67. The standard InChI is InChI=1S/C13H14BrN3O3/c1-15-13(20)16-5-2-6-17-11(18)9-4-3-8(14)7-10(9)12(17)19/h3-4,7H,2,5-6H2,1H3,(H2,15,16,20). The lowest BCUT2D eigenvalue weighted by Gasteiger charge is -2.13. The largest absolute Gasteiger partial charge is 0.341 e. The van der Waals surface area contributed by atoms with Crippen LogP contribution in [0.1, 0.15) is 27.1 Å². The molecule has 0 saturated heterocycles. The zero-order valence-electron chi connectivity index (χ0n) is 10.9. The summed E-state index contributed by atoms with van der Waals surface area (Å²) < 4.78 is 0.764. The predicted octanol–water partition coefficient (Wildman–Crippen LogP) is 1.36. The Morgan fingerprint density at radius 3 is 2.65 bits per heavy atom. The number of hydrogen-bond donors (Lipinski definition) is 2. The minimum atomic E-state index is -0.286. The molecule has 20 heavy (non-hydrogen) atoms. The smallest absolute Gasteiger partial charge is 0.314 e. The number of halogens is 1. The van der Waals surface area contributed by atoms with E-state index in [0.717, 1.165) is 4.47 Å². The van der Waals surface area contributed by atoms with Gasteiger partial charge in [0, 0.05) is 24.6 Å². The Hall–Kier alpha value is -1.89. The number of hydrogen-bond acceptors (Lipinski definition) is 3. The summed E-state index contributed by atoms with van der Waals surface area (Å²) in [7, 11) is 1.53. The highest BCUT2D eigenvalue weighted by Crippen LogP contribution is 2.25. The molecular formula is C13H14BrN3O3. The fourth-order valence-corrected chi connectivity index (χ4v) is 2.35. The van der Waals surface area contributed by atoms with Gasteiger partial charge in [0.2, 0.25) is 0 Å². The van der Waals surface area contributed by atoms with Crippen molar-refractivity contribution in [3.8, 4) is 0 Å². The van der Waals surface area contributed by atoms with Gasteiger partial charge in [-0.3, -0.25) is 14.5 Å². The molecule has 0 bridgehead atoms. The highest BCUT2D eigenvalue weighted by Gasteiger charge is 2.34. The molecule has 0 aromatic heterocycles. The van der Waals surface area contributed by atoms with Crippen LogP contribution in [0.15, 0.2) is 22.7 Å². The fourth-order valence-electron chi connectivity index (χ4n) is 1.99. The zero-order valence-corrected chi connectivity index (χ0v) is 12.5. The van der Waals surface area contributed by atoms with Crippen LogP contribution >= 0.6 is 15.9 Å². The lowest BCUT2D eigenvalue weighted by Crippen LogP contribution is -2.36. The predicted molar refractivity (Wildman–Crippen MR) is 76.6 cm³/mol. The molecule has 0 fully saturated rings. The van der Waals surface area contributed by atoms with Gasteiger partial charge in [0.25, 0.3) is 11.8 Å². The van der Waals surface area contributed by atoms with E-state index in [1.54, 1.807) is 18.2 Å². The van der Waals surface area contributed by atoms with Crippen molar-refractivity contribution in [2.45, 2.75) is 6.42 Å². The number of benzene rings is 1. The van der Waals surface area contributed by atoms with Gasteiger partial charge in [-0.25, -0.2) is 4.79 Å². The van der Waals surface area contributed by atoms with Gasteiger partial charge in [-0.05, 0) is 24.6 Å². The van der Waals surface area contributed by atoms with Crippen molar-refractivity contribution in [1.29, 1.82) is 0 Å². The summed E-state index contributed by atoms with van der Waals surface area (Å²) in [6, 6.07) is 4.75. The Morgan fingerprint density at radius 1 is 1.25 bits per heavy atom. The van der Waals surface area contributed by atoms with Crippen molar-refractivity contribution in [2.24, 2.45) is 0 Å². The number of nitrogens with zero attached hydrogens (tertiary/aromatic N) is 1. The van der Waals surface area contributed by atoms with Crippen LogP contribution in [0, 0.1) is 0 Å². The monoisotopic (exact) mass is 339 g/mol. The SMILES string of the molecule is CNC(=O)NCCCN1C(=O)c2ccc(Br)cc2C1=O. The number of rotatable bonds is 4. The molecular weight excluding hydrogens is 326 g/mol. The van der Waals surface area contributed by atoms with E-state index in [2.05, 4.69) is 26.6 Å². The Kier molecular flexibility index (Phi) is 4.39. The van der Waals surface area contributed by atoms with Gasteiger partial charge in [0.05, 0.1) is 11.1 Å². The molecule has 0 saturated carbocycles. The summed E-state index contributed by atoms with van der Waals surface area (Å²) in [5, 5.41) is 5.04. The summed E-state index contributed by atoms with van der Waals surface area (Å²) >= 11 is 3.28. The molecule has 0 spiro atoms. The number of carbonyl (C=O) groups excluding carboxylic acids is 3. The number of nitrogens with one attached hydrogen (secondary N) is 2. The third-order valence-corrected chi connectivity index (χ3v) is 3.50. The van der Waals surface area contributed by atoms with Crippen LogP contribution in [0.4, 0.5) is 4.79 Å². The van der Waals surface area contributed by atoms with Gasteiger partial charge in [-0.2, -0.15) is 0 Å². The van der Waals surface area contributed by atoms with Crippen LogP contribution in [0.25, 0.3) is 0 Å². The first-order valence-electron chi connectivity index (χ1n) is 6.16. The Labute approximate surface area is 124 Å². The van der Waals surface area contributed by atoms with Crippen molar-refractivity contribution >= 4 is 33.8 Å². The first kappa shape index (κ1) is 14.5. The molecule has 1 aromatic carbocycles. The van der Waals surface area contributed by atoms with Crippen molar-refractivity contribution in [2.75, 3.05) is 20.1 Å². The highest BCUT2D eigenvalue weighted by molar-refractivity contribution is 9.10. The molecule has 7 heteroatoms. The minimum absolute atomic E-state index is 0.280. The fraction of sp³-hybridized carbons (Fsp3) is 0.308. The summed E-state index contributed by atoms with van der Waals surface area (Å²) in [6.07, 6.45) is 0.514. The summed E-state index contributed by atoms with van der Waals surface area (Å²) in [5.74, 6) is -0.566. The molecule has 106 valence electrons. The summed E-state index contributed by atoms with van der Waals surface area (Å²) in [5.41, 5.74) is 0.848. The summed E-state index contributed by atoms with van der Waals surface area (Å²) in [4.78, 5) is 36.4. The van der Waals surface area contributed by atoms with Gasteiger partial charge < -0.3 is 10.6 Å². The second-order valence-corrected chi connectivity index (χ2v) is 5.23. The molecule has 1 aromatic rings. The molecule has 0 unspecified atom stereocenters. The number of fused-ring (bicyclic) bond motifs is 1. The average molecular weight is 340 g/mol. The van der Waals surface area contributed by atoms with Crippen molar-refractivity contribution < 1.29 is 14.4 Å². The molecule has 0 atom stereocenters. The highest BCUT2D eigenvalue weighted by atomic mass is 79.9. The molecule has 6 nitrogen and oxygen atoms in total. The molecule has 1 heterocycles. The van der Waals surface area contributed by atoms with Crippen LogP contribution in [-0.4, -0.2) is 42.9 Å². The lowest BCUT2D eigenvalue weighted by molar-refractivity contribution is 0.0653. The molecule has 1 aliphatic rings. The number of urea groups is 1.